The van der Waals surface area contributed by atoms with Crippen LogP contribution in [0.5, 0.6) is 0 Å². The predicted octanol–water partition coefficient (Wildman–Crippen LogP) is 3.48. The van der Waals surface area contributed by atoms with Crippen molar-refractivity contribution in [2.75, 3.05) is 11.9 Å². The number of pyridine rings is 1. The molecule has 7 nitrogen and oxygen atoms in total. The van der Waals surface area contributed by atoms with Crippen molar-refractivity contribution in [1.82, 2.24) is 20.4 Å². The van der Waals surface area contributed by atoms with E-state index in [0.717, 1.165) is 6.07 Å². The molecule has 1 aromatic carbocycles. The van der Waals surface area contributed by atoms with Gasteiger partial charge in [0.05, 0.1) is 22.8 Å². The Bertz CT molecular complexity index is 962. The molecule has 0 fully saturated rings. The number of halogens is 4. The highest BCUT2D eigenvalue weighted by molar-refractivity contribution is 6.31. The van der Waals surface area contributed by atoms with Gasteiger partial charge in [0.2, 0.25) is 5.95 Å². The summed E-state index contributed by atoms with van der Waals surface area (Å²) in [6.07, 6.45) is -1.13. The normalized spacial score (nSPS) is 12.0. The number of aromatic nitrogens is 3. The van der Waals surface area contributed by atoms with Gasteiger partial charge >= 0.3 is 0 Å². The molecular weight excluding hydrogens is 373 g/mol. The van der Waals surface area contributed by atoms with Gasteiger partial charge in [0.15, 0.2) is 11.5 Å². The second-order valence-electron chi connectivity index (χ2n) is 5.09. The van der Waals surface area contributed by atoms with Crippen LogP contribution in [0.1, 0.15) is 5.56 Å². The molecule has 0 atom stereocenters. The maximum Gasteiger partial charge on any atom is 0.255 e. The average Bonchev–Trinajstić information content (AvgIpc) is 3.04. The van der Waals surface area contributed by atoms with Crippen molar-refractivity contribution in [3.05, 3.63) is 46.9 Å². The maximum atomic E-state index is 13.3. The quantitative estimate of drug-likeness (QED) is 0.307. The second-order valence-corrected chi connectivity index (χ2v) is 5.49. The minimum absolute atomic E-state index is 0.00383. The number of amidine groups is 1. The van der Waals surface area contributed by atoms with Gasteiger partial charge in [-0.15, -0.1) is 0 Å². The van der Waals surface area contributed by atoms with Crippen LogP contribution in [0.3, 0.4) is 0 Å². The topological polar surface area (TPSA) is 98.2 Å². The van der Waals surface area contributed by atoms with Crippen molar-refractivity contribution in [2.24, 2.45) is 4.99 Å². The smallest absolute Gasteiger partial charge is 0.255 e. The molecule has 3 aromatic rings. The van der Waals surface area contributed by atoms with E-state index in [1.165, 1.54) is 24.4 Å². The van der Waals surface area contributed by atoms with Crippen LogP contribution < -0.4 is 10.8 Å². The molecule has 2 heterocycles. The summed E-state index contributed by atoms with van der Waals surface area (Å²) in [4.78, 5) is 15.1. The zero-order valence-electron chi connectivity index (χ0n) is 13.0. The van der Waals surface area contributed by atoms with Gasteiger partial charge < -0.3 is 10.3 Å². The summed E-state index contributed by atoms with van der Waals surface area (Å²) in [5.41, 5.74) is 3.20. The van der Waals surface area contributed by atoms with Crippen molar-refractivity contribution >= 4 is 40.2 Å². The molecule has 0 aliphatic rings. The lowest BCUT2D eigenvalue weighted by molar-refractivity contribution is 0.163. The van der Waals surface area contributed by atoms with E-state index in [2.05, 4.69) is 25.3 Å². The van der Waals surface area contributed by atoms with E-state index in [1.54, 1.807) is 0 Å². The zero-order valence-corrected chi connectivity index (χ0v) is 13.7. The summed E-state index contributed by atoms with van der Waals surface area (Å²) in [5, 5.41) is 11.8. The van der Waals surface area contributed by atoms with Crippen LogP contribution in [0.15, 0.2) is 35.5 Å². The Morgan fingerprint density at radius 3 is 2.85 bits per heavy atom. The first kappa shape index (κ1) is 18.0. The summed E-state index contributed by atoms with van der Waals surface area (Å²) in [5.74, 6) is -0.495. The minimum Gasteiger partial charge on any atom is -0.350 e. The fraction of sp³-hybridized carbons (Fsp3) is 0.133. The summed E-state index contributed by atoms with van der Waals surface area (Å²) in [7, 11) is 0. The van der Waals surface area contributed by atoms with Crippen LogP contribution >= 0.6 is 11.6 Å². The number of alkyl halides is 2. The number of rotatable bonds is 5. The fourth-order valence-corrected chi connectivity index (χ4v) is 2.37. The van der Waals surface area contributed by atoms with Gasteiger partial charge in [0.1, 0.15) is 5.82 Å². The van der Waals surface area contributed by atoms with Crippen molar-refractivity contribution in [2.45, 2.75) is 6.43 Å². The Kier molecular flexibility index (Phi) is 5.24. The number of anilines is 1. The monoisotopic (exact) mass is 384 g/mol. The molecule has 3 rings (SSSR count). The molecule has 0 amide bonds. The molecule has 136 valence electrons. The van der Waals surface area contributed by atoms with E-state index < -0.39 is 18.8 Å². The Balaban J connectivity index is 2.01. The standard InChI is InChI=1S/C15H12ClF3N6O/c16-9-5-7(1-2-10(9)17)22-13(25-26)8-3-4-20-14-12(8)23-15(24-14)21-6-11(18)19/h1-5,11,26H,6H2,(H,22,25)(H2,20,21,23,24). The van der Waals surface area contributed by atoms with Gasteiger partial charge in [-0.3, -0.25) is 10.7 Å². The van der Waals surface area contributed by atoms with Gasteiger partial charge in [-0.2, -0.15) is 4.98 Å². The zero-order chi connectivity index (χ0) is 18.7. The van der Waals surface area contributed by atoms with Crippen LogP contribution in [-0.2, 0) is 0 Å². The number of fused-ring (bicyclic) bond motifs is 1. The van der Waals surface area contributed by atoms with E-state index in [-0.39, 0.29) is 28.1 Å². The molecule has 4 N–H and O–H groups in total. The number of hydrogen-bond acceptors (Lipinski definition) is 5. The third-order valence-corrected chi connectivity index (χ3v) is 3.61. The highest BCUT2D eigenvalue weighted by Crippen LogP contribution is 2.23. The minimum atomic E-state index is -2.55. The lowest BCUT2D eigenvalue weighted by Gasteiger charge is -2.06. The van der Waals surface area contributed by atoms with E-state index >= 15 is 0 Å². The van der Waals surface area contributed by atoms with Gasteiger partial charge in [0, 0.05) is 11.8 Å². The third kappa shape index (κ3) is 3.86. The summed E-state index contributed by atoms with van der Waals surface area (Å²) >= 11 is 5.72. The Morgan fingerprint density at radius 2 is 2.15 bits per heavy atom. The Morgan fingerprint density at radius 1 is 1.35 bits per heavy atom. The van der Waals surface area contributed by atoms with Crippen molar-refractivity contribution in [1.29, 1.82) is 0 Å². The Hall–Kier alpha value is -2.85. The van der Waals surface area contributed by atoms with E-state index in [1.807, 2.05) is 5.48 Å². The molecule has 0 unspecified atom stereocenters. The fourth-order valence-electron chi connectivity index (χ4n) is 2.20. The summed E-state index contributed by atoms with van der Waals surface area (Å²) in [6.45, 7) is -0.581. The van der Waals surface area contributed by atoms with Gasteiger partial charge in [-0.05, 0) is 24.3 Å². The van der Waals surface area contributed by atoms with Crippen molar-refractivity contribution < 1.29 is 18.4 Å². The lowest BCUT2D eigenvalue weighted by Crippen LogP contribution is -2.20. The largest absolute Gasteiger partial charge is 0.350 e. The first-order valence-corrected chi connectivity index (χ1v) is 7.66. The van der Waals surface area contributed by atoms with Gasteiger partial charge in [0.25, 0.3) is 6.43 Å². The van der Waals surface area contributed by atoms with E-state index in [4.69, 9.17) is 11.6 Å². The number of aliphatic imine (C=N–C) groups is 1. The van der Waals surface area contributed by atoms with Gasteiger partial charge in [-0.25, -0.2) is 23.1 Å². The van der Waals surface area contributed by atoms with Crippen LogP contribution in [0, 0.1) is 5.82 Å². The number of nitrogens with one attached hydrogen (secondary N) is 3. The van der Waals surface area contributed by atoms with E-state index in [0.29, 0.717) is 11.1 Å². The molecule has 0 saturated heterocycles. The summed E-state index contributed by atoms with van der Waals surface area (Å²) < 4.78 is 37.9. The van der Waals surface area contributed by atoms with Crippen LogP contribution in [-0.4, -0.2) is 39.0 Å². The molecular formula is C15H12ClF3N6O. The second kappa shape index (κ2) is 7.58. The van der Waals surface area contributed by atoms with Gasteiger partial charge in [-0.1, -0.05) is 11.6 Å². The SMILES string of the molecule is ONC(=Nc1ccc(F)c(Cl)c1)c1ccnc2nc(NCC(F)F)[nH]c12. The first-order chi connectivity index (χ1) is 12.5. The number of H-pyrrole nitrogens is 1. The molecule has 0 bridgehead atoms. The maximum absolute atomic E-state index is 13.3. The molecule has 0 aliphatic carbocycles. The highest BCUT2D eigenvalue weighted by atomic mass is 35.5. The number of hydroxylamine groups is 1. The first-order valence-electron chi connectivity index (χ1n) is 7.29. The predicted molar refractivity (Wildman–Crippen MR) is 90.9 cm³/mol. The van der Waals surface area contributed by atoms with E-state index in [9.17, 15) is 18.4 Å². The molecule has 0 radical (unpaired) electrons. The van der Waals surface area contributed by atoms with Crippen LogP contribution in [0.4, 0.5) is 24.8 Å². The highest BCUT2D eigenvalue weighted by Gasteiger charge is 2.14. The van der Waals surface area contributed by atoms with Crippen LogP contribution in [0.2, 0.25) is 5.02 Å². The number of aromatic amines is 1. The Labute approximate surface area is 149 Å². The van der Waals surface area contributed by atoms with Crippen molar-refractivity contribution in [3.63, 3.8) is 0 Å². The average molecular weight is 385 g/mol. The molecule has 2 aromatic heterocycles. The lowest BCUT2D eigenvalue weighted by atomic mass is 10.2. The third-order valence-electron chi connectivity index (χ3n) is 3.32. The molecule has 11 heteroatoms. The van der Waals surface area contributed by atoms with Crippen molar-refractivity contribution in [3.8, 4) is 0 Å². The molecule has 0 aliphatic heterocycles. The summed E-state index contributed by atoms with van der Waals surface area (Å²) in [6, 6.07) is 5.33. The van der Waals surface area contributed by atoms with Crippen LogP contribution in [0.25, 0.3) is 11.2 Å². The molecule has 26 heavy (non-hydrogen) atoms. The number of hydrogen-bond donors (Lipinski definition) is 4. The molecule has 0 saturated carbocycles. The number of benzene rings is 1. The number of imidazole rings is 1. The number of nitrogens with zero attached hydrogens (tertiary/aromatic N) is 3. The molecule has 0 spiro atoms.